The molecule has 2 heterocycles. The van der Waals surface area contributed by atoms with E-state index in [0.29, 0.717) is 18.3 Å². The molecule has 0 fully saturated rings. The van der Waals surface area contributed by atoms with Gasteiger partial charge in [0.25, 0.3) is 0 Å². The zero-order valence-electron chi connectivity index (χ0n) is 10.1. The maximum absolute atomic E-state index is 5.18. The van der Waals surface area contributed by atoms with Crippen LogP contribution in [0.5, 0.6) is 0 Å². The van der Waals surface area contributed by atoms with Crippen LogP contribution in [0.2, 0.25) is 0 Å². The molecule has 0 saturated heterocycles. The molecule has 0 amide bonds. The van der Waals surface area contributed by atoms with Crippen molar-refractivity contribution in [1.82, 2.24) is 15.0 Å². The number of anilines is 2. The Morgan fingerprint density at radius 1 is 1.56 bits per heavy atom. The van der Waals surface area contributed by atoms with Crippen molar-refractivity contribution in [2.75, 3.05) is 31.1 Å². The summed E-state index contributed by atoms with van der Waals surface area (Å²) in [4.78, 5) is 16.8. The first-order valence-electron chi connectivity index (χ1n) is 5.06. The number of nitrogens with zero attached hydrogens (tertiary/aromatic N) is 3. The highest BCUT2D eigenvalue weighted by molar-refractivity contribution is 5.88. The van der Waals surface area contributed by atoms with Crippen molar-refractivity contribution in [1.29, 1.82) is 0 Å². The number of halogens is 1. The lowest BCUT2D eigenvalue weighted by Gasteiger charge is -2.16. The molecule has 0 aliphatic heterocycles. The molecule has 0 radical (unpaired) electrons. The number of hydroxylamine groups is 1. The van der Waals surface area contributed by atoms with Gasteiger partial charge in [0, 0.05) is 13.2 Å². The van der Waals surface area contributed by atoms with Gasteiger partial charge in [-0.15, -0.1) is 18.8 Å². The highest BCUT2D eigenvalue weighted by Gasteiger charge is 2.11. The van der Waals surface area contributed by atoms with Crippen molar-refractivity contribution in [2.24, 2.45) is 0 Å². The first kappa shape index (κ1) is 14.1. The summed E-state index contributed by atoms with van der Waals surface area (Å²) in [6.07, 6.45) is 6.98. The van der Waals surface area contributed by atoms with E-state index in [9.17, 15) is 0 Å². The lowest BCUT2D eigenvalue weighted by atomic mass is 10.4. The third-order valence-electron chi connectivity index (χ3n) is 2.32. The molecule has 0 aromatic carbocycles. The van der Waals surface area contributed by atoms with Crippen LogP contribution in [0.25, 0.3) is 11.0 Å². The standard InChI is InChI=1S/C11H13N5O.ClH/c1-4-6-13-11-14-9-8(5-7-12-9)10(15-11)16(2)17-3;/h1,5,7H,6H2,2-3H3,(H2,12,13,14,15);1H. The van der Waals surface area contributed by atoms with Gasteiger partial charge < -0.3 is 10.3 Å². The predicted molar refractivity (Wildman–Crippen MR) is 73.9 cm³/mol. The fraction of sp³-hybridized carbons (Fsp3) is 0.273. The Labute approximate surface area is 111 Å². The van der Waals surface area contributed by atoms with Crippen LogP contribution in [0.4, 0.5) is 11.8 Å². The van der Waals surface area contributed by atoms with E-state index in [0.717, 1.165) is 11.0 Å². The van der Waals surface area contributed by atoms with Crippen LogP contribution in [0.1, 0.15) is 0 Å². The number of terminal acetylenes is 1. The highest BCUT2D eigenvalue weighted by atomic mass is 35.5. The SMILES string of the molecule is C#CCNc1nc(N(C)OC)c2cc[nH]c2n1.Cl. The first-order chi connectivity index (χ1) is 8.26. The number of hydrogen-bond acceptors (Lipinski definition) is 5. The van der Waals surface area contributed by atoms with Gasteiger partial charge in [0.1, 0.15) is 5.65 Å². The van der Waals surface area contributed by atoms with E-state index in [1.54, 1.807) is 25.4 Å². The number of aromatic nitrogens is 3. The minimum absolute atomic E-state index is 0. The van der Waals surface area contributed by atoms with E-state index in [4.69, 9.17) is 11.3 Å². The number of fused-ring (bicyclic) bond motifs is 1. The van der Waals surface area contributed by atoms with Gasteiger partial charge >= 0.3 is 0 Å². The van der Waals surface area contributed by atoms with Crippen LogP contribution in [-0.4, -0.2) is 35.7 Å². The maximum Gasteiger partial charge on any atom is 0.227 e. The van der Waals surface area contributed by atoms with E-state index < -0.39 is 0 Å². The monoisotopic (exact) mass is 267 g/mol. The molecule has 0 saturated carbocycles. The second-order valence-corrected chi connectivity index (χ2v) is 3.35. The normalized spacial score (nSPS) is 9.61. The lowest BCUT2D eigenvalue weighted by Crippen LogP contribution is -2.17. The van der Waals surface area contributed by atoms with Gasteiger partial charge in [-0.2, -0.15) is 9.97 Å². The largest absolute Gasteiger partial charge is 0.346 e. The quantitative estimate of drug-likeness (QED) is 0.648. The Hall–Kier alpha value is -1.97. The smallest absolute Gasteiger partial charge is 0.227 e. The first-order valence-corrected chi connectivity index (χ1v) is 5.06. The number of aromatic amines is 1. The summed E-state index contributed by atoms with van der Waals surface area (Å²) in [5.41, 5.74) is 0.735. The third kappa shape index (κ3) is 2.64. The number of H-pyrrole nitrogens is 1. The van der Waals surface area contributed by atoms with Gasteiger partial charge in [-0.3, -0.25) is 4.84 Å². The molecule has 2 aromatic rings. The summed E-state index contributed by atoms with van der Waals surface area (Å²) in [6.45, 7) is 0.377. The van der Waals surface area contributed by atoms with E-state index >= 15 is 0 Å². The summed E-state index contributed by atoms with van der Waals surface area (Å²) < 4.78 is 0. The van der Waals surface area contributed by atoms with E-state index in [2.05, 4.69) is 26.2 Å². The van der Waals surface area contributed by atoms with Crippen molar-refractivity contribution in [3.8, 4) is 12.3 Å². The maximum atomic E-state index is 5.18. The molecule has 0 atom stereocenters. The summed E-state index contributed by atoms with van der Waals surface area (Å²) in [5.74, 6) is 3.62. The fourth-order valence-electron chi connectivity index (χ4n) is 1.46. The van der Waals surface area contributed by atoms with E-state index in [1.165, 1.54) is 0 Å². The number of hydrogen-bond donors (Lipinski definition) is 2. The van der Waals surface area contributed by atoms with Crippen LogP contribution in [0.3, 0.4) is 0 Å². The Balaban J connectivity index is 0.00000162. The van der Waals surface area contributed by atoms with Crippen LogP contribution in [-0.2, 0) is 4.84 Å². The average molecular weight is 268 g/mol. The van der Waals surface area contributed by atoms with Crippen molar-refractivity contribution < 1.29 is 4.84 Å². The molecule has 0 spiro atoms. The van der Waals surface area contributed by atoms with E-state index in [-0.39, 0.29) is 12.4 Å². The van der Waals surface area contributed by atoms with Crippen LogP contribution in [0.15, 0.2) is 12.3 Å². The number of nitrogens with one attached hydrogen (secondary N) is 2. The molecule has 18 heavy (non-hydrogen) atoms. The van der Waals surface area contributed by atoms with Crippen molar-refractivity contribution >= 4 is 35.2 Å². The molecular weight excluding hydrogens is 254 g/mol. The van der Waals surface area contributed by atoms with Gasteiger partial charge in [-0.1, -0.05) is 5.92 Å². The molecule has 0 aliphatic rings. The summed E-state index contributed by atoms with van der Waals surface area (Å²) in [6, 6.07) is 1.89. The summed E-state index contributed by atoms with van der Waals surface area (Å²) in [7, 11) is 3.36. The minimum Gasteiger partial charge on any atom is -0.346 e. The second kappa shape index (κ2) is 6.10. The third-order valence-corrected chi connectivity index (χ3v) is 2.32. The van der Waals surface area contributed by atoms with Gasteiger partial charge in [0.15, 0.2) is 5.82 Å². The summed E-state index contributed by atoms with van der Waals surface area (Å²) in [5, 5.41) is 5.39. The fourth-order valence-corrected chi connectivity index (χ4v) is 1.46. The second-order valence-electron chi connectivity index (χ2n) is 3.35. The average Bonchev–Trinajstić information content (AvgIpc) is 2.82. The molecule has 2 N–H and O–H groups in total. The summed E-state index contributed by atoms with van der Waals surface area (Å²) >= 11 is 0. The van der Waals surface area contributed by atoms with Crippen LogP contribution >= 0.6 is 12.4 Å². The van der Waals surface area contributed by atoms with Crippen molar-refractivity contribution in [3.63, 3.8) is 0 Å². The highest BCUT2D eigenvalue weighted by Crippen LogP contribution is 2.23. The Bertz CT molecular complexity index is 562. The molecule has 6 nitrogen and oxygen atoms in total. The zero-order chi connectivity index (χ0) is 12.3. The molecular formula is C11H14ClN5O. The molecule has 0 aliphatic carbocycles. The molecule has 7 heteroatoms. The Morgan fingerprint density at radius 3 is 3.00 bits per heavy atom. The lowest BCUT2D eigenvalue weighted by molar-refractivity contribution is 0.183. The zero-order valence-corrected chi connectivity index (χ0v) is 10.9. The van der Waals surface area contributed by atoms with Crippen molar-refractivity contribution in [3.05, 3.63) is 12.3 Å². The molecule has 2 aromatic heterocycles. The van der Waals surface area contributed by atoms with Gasteiger partial charge in [-0.05, 0) is 6.07 Å². The van der Waals surface area contributed by atoms with Gasteiger partial charge in [0.2, 0.25) is 5.95 Å². The molecule has 96 valence electrons. The van der Waals surface area contributed by atoms with Crippen LogP contribution < -0.4 is 10.4 Å². The molecule has 0 unspecified atom stereocenters. The van der Waals surface area contributed by atoms with Crippen molar-refractivity contribution in [2.45, 2.75) is 0 Å². The Kier molecular flexibility index (Phi) is 4.77. The minimum atomic E-state index is 0. The van der Waals surface area contributed by atoms with Gasteiger partial charge in [-0.25, -0.2) is 5.06 Å². The predicted octanol–water partition coefficient (Wildman–Crippen LogP) is 1.42. The molecule has 2 rings (SSSR count). The topological polar surface area (TPSA) is 66.1 Å². The Morgan fingerprint density at radius 2 is 2.33 bits per heavy atom. The number of rotatable bonds is 4. The van der Waals surface area contributed by atoms with Gasteiger partial charge in [0.05, 0.1) is 19.0 Å². The van der Waals surface area contributed by atoms with E-state index in [1.807, 2.05) is 6.07 Å². The van der Waals surface area contributed by atoms with Crippen LogP contribution in [0, 0.1) is 12.3 Å². The molecule has 0 bridgehead atoms.